The maximum absolute atomic E-state index is 14.7. The van der Waals surface area contributed by atoms with E-state index in [4.69, 9.17) is 16.3 Å². The summed E-state index contributed by atoms with van der Waals surface area (Å²) in [5.41, 5.74) is 1.10. The van der Waals surface area contributed by atoms with Gasteiger partial charge in [-0.05, 0) is 43.0 Å². The molecule has 2 aliphatic rings. The molecule has 0 aliphatic carbocycles. The third-order valence-corrected chi connectivity index (χ3v) is 5.92. The molecule has 2 amide bonds. The molecule has 1 aromatic carbocycles. The van der Waals surface area contributed by atoms with Crippen LogP contribution in [0.1, 0.15) is 30.1 Å². The van der Waals surface area contributed by atoms with Gasteiger partial charge in [0.25, 0.3) is 5.56 Å². The van der Waals surface area contributed by atoms with Crippen LogP contribution in [0.3, 0.4) is 0 Å². The van der Waals surface area contributed by atoms with E-state index in [2.05, 4.69) is 20.5 Å². The van der Waals surface area contributed by atoms with Gasteiger partial charge in [-0.2, -0.15) is 9.49 Å². The van der Waals surface area contributed by atoms with Crippen molar-refractivity contribution in [2.75, 3.05) is 5.32 Å². The number of hydrogen-bond acceptors (Lipinski definition) is 5. The fourth-order valence-corrected chi connectivity index (χ4v) is 4.45. The number of carbonyl (C=O) groups is 1. The van der Waals surface area contributed by atoms with Crippen molar-refractivity contribution in [3.63, 3.8) is 0 Å². The number of urea groups is 1. The molecule has 2 aromatic heterocycles. The topological polar surface area (TPSA) is 100 Å². The number of benzene rings is 1. The van der Waals surface area contributed by atoms with E-state index in [1.54, 1.807) is 4.90 Å². The Bertz CT molecular complexity index is 1270. The third kappa shape index (κ3) is 3.66. The normalized spacial score (nSPS) is 18.9. The van der Waals surface area contributed by atoms with Crippen molar-refractivity contribution >= 4 is 23.3 Å². The van der Waals surface area contributed by atoms with Gasteiger partial charge < -0.3 is 15.0 Å². The largest absolute Gasteiger partial charge is 0.454 e. The van der Waals surface area contributed by atoms with E-state index < -0.39 is 17.8 Å². The van der Waals surface area contributed by atoms with Crippen LogP contribution < -0.4 is 15.6 Å². The number of rotatable bonds is 3. The van der Waals surface area contributed by atoms with Crippen molar-refractivity contribution in [2.45, 2.75) is 31.3 Å². The van der Waals surface area contributed by atoms with Crippen LogP contribution in [0, 0.1) is 11.8 Å². The summed E-state index contributed by atoms with van der Waals surface area (Å²) in [4.78, 5) is 29.7. The van der Waals surface area contributed by atoms with Crippen molar-refractivity contribution in [1.82, 2.24) is 20.1 Å². The lowest BCUT2D eigenvalue weighted by Crippen LogP contribution is -2.45. The molecule has 2 N–H and O–H groups in total. The van der Waals surface area contributed by atoms with Gasteiger partial charge in [0.1, 0.15) is 11.5 Å². The summed E-state index contributed by atoms with van der Waals surface area (Å²) in [7, 11) is 0. The predicted molar refractivity (Wildman–Crippen MR) is 111 cm³/mol. The number of H-pyrrole nitrogens is 1. The molecular weight excluding hydrogens is 444 g/mol. The summed E-state index contributed by atoms with van der Waals surface area (Å²) in [6.07, 6.45) is 3.11. The lowest BCUT2D eigenvalue weighted by molar-refractivity contribution is 0.177. The molecule has 2 bridgehead atoms. The Kier molecular flexibility index (Phi) is 5.01. The summed E-state index contributed by atoms with van der Waals surface area (Å²) in [5.74, 6) is -1.25. The number of aromatic nitrogens is 3. The van der Waals surface area contributed by atoms with Crippen molar-refractivity contribution in [3.05, 3.63) is 74.9 Å². The number of aromatic amines is 1. The Morgan fingerprint density at radius 3 is 2.88 bits per heavy atom. The molecule has 3 aromatic rings. The number of nitrogens with one attached hydrogen (secondary N) is 2. The van der Waals surface area contributed by atoms with E-state index in [9.17, 15) is 18.4 Å². The Balaban J connectivity index is 1.36. The maximum atomic E-state index is 14.7. The SMILES string of the molecule is O=C(Nc1cc(Cl)c(Oc2ccc(F)nc2)cc1F)N1[C@H]2CC[C@@H]1c1n[nH]c(=O)cc1C2. The highest BCUT2D eigenvalue weighted by Gasteiger charge is 2.44. The van der Waals surface area contributed by atoms with Gasteiger partial charge in [0.2, 0.25) is 5.95 Å². The Hall–Kier alpha value is -3.53. The fraction of sp³-hybridized carbons (Fsp3) is 0.238. The molecule has 1 saturated heterocycles. The molecule has 0 unspecified atom stereocenters. The van der Waals surface area contributed by atoms with E-state index in [1.807, 2.05) is 0 Å². The standard InChI is InChI=1S/C21H16ClF2N5O3/c22-13-7-15(14(23)8-17(13)32-12-2-4-18(24)25-9-12)26-21(31)29-11-1-3-16(29)20-10(5-11)6-19(30)27-28-20/h2,4,6-9,11,16H,1,3,5H2,(H,26,31)(H,27,30)/t11-,16+/m0/s1. The number of halogens is 3. The monoisotopic (exact) mass is 459 g/mol. The van der Waals surface area contributed by atoms with Gasteiger partial charge in [-0.25, -0.2) is 19.3 Å². The Morgan fingerprint density at radius 2 is 2.09 bits per heavy atom. The zero-order valence-electron chi connectivity index (χ0n) is 16.4. The van der Waals surface area contributed by atoms with E-state index >= 15 is 0 Å². The highest BCUT2D eigenvalue weighted by molar-refractivity contribution is 6.32. The molecule has 1 fully saturated rings. The minimum absolute atomic E-state index is 0.00398. The first kappa shape index (κ1) is 20.4. The first-order chi connectivity index (χ1) is 15.4. The first-order valence-electron chi connectivity index (χ1n) is 9.85. The highest BCUT2D eigenvalue weighted by atomic mass is 35.5. The van der Waals surface area contributed by atoms with E-state index in [0.717, 1.165) is 30.3 Å². The predicted octanol–water partition coefficient (Wildman–Crippen LogP) is 4.18. The molecule has 2 atom stereocenters. The molecular formula is C21H16ClF2N5O3. The van der Waals surface area contributed by atoms with E-state index in [1.165, 1.54) is 18.2 Å². The fourth-order valence-electron chi connectivity index (χ4n) is 4.25. The van der Waals surface area contributed by atoms with Crippen LogP contribution in [0.5, 0.6) is 11.5 Å². The van der Waals surface area contributed by atoms with Crippen LogP contribution in [0.2, 0.25) is 5.02 Å². The molecule has 11 heteroatoms. The molecule has 164 valence electrons. The van der Waals surface area contributed by atoms with Gasteiger partial charge >= 0.3 is 6.03 Å². The van der Waals surface area contributed by atoms with Crippen molar-refractivity contribution < 1.29 is 18.3 Å². The number of nitrogens with zero attached hydrogens (tertiary/aromatic N) is 3. The molecule has 2 aliphatic heterocycles. The number of pyridine rings is 1. The van der Waals surface area contributed by atoms with Gasteiger partial charge in [0, 0.05) is 18.2 Å². The average molecular weight is 460 g/mol. The molecule has 32 heavy (non-hydrogen) atoms. The highest BCUT2D eigenvalue weighted by Crippen LogP contribution is 2.42. The summed E-state index contributed by atoms with van der Waals surface area (Å²) in [5, 5.41) is 9.17. The quantitative estimate of drug-likeness (QED) is 0.572. The second-order valence-electron chi connectivity index (χ2n) is 7.61. The minimum atomic E-state index is -0.750. The van der Waals surface area contributed by atoms with Crippen LogP contribution in [0.15, 0.2) is 41.3 Å². The van der Waals surface area contributed by atoms with Crippen LogP contribution in [0.4, 0.5) is 19.3 Å². The average Bonchev–Trinajstić information content (AvgIpc) is 3.08. The molecule has 0 spiro atoms. The maximum Gasteiger partial charge on any atom is 0.322 e. The van der Waals surface area contributed by atoms with Crippen LogP contribution in [0.25, 0.3) is 0 Å². The third-order valence-electron chi connectivity index (χ3n) is 5.62. The lowest BCUT2D eigenvalue weighted by Gasteiger charge is -2.35. The van der Waals surface area contributed by atoms with Crippen LogP contribution >= 0.6 is 11.6 Å². The summed E-state index contributed by atoms with van der Waals surface area (Å²) in [6, 6.07) is 5.34. The number of amides is 2. The zero-order valence-corrected chi connectivity index (χ0v) is 17.2. The number of carbonyl (C=O) groups excluding carboxylic acids is 1. The summed E-state index contributed by atoms with van der Waals surface area (Å²) < 4.78 is 33.1. The van der Waals surface area contributed by atoms with Crippen LogP contribution in [-0.2, 0) is 6.42 Å². The molecule has 0 saturated carbocycles. The molecule has 8 nitrogen and oxygen atoms in total. The number of ether oxygens (including phenoxy) is 1. The van der Waals surface area contributed by atoms with Crippen molar-refractivity contribution in [2.24, 2.45) is 0 Å². The Labute approximate surface area is 185 Å². The number of hydrogen-bond donors (Lipinski definition) is 2. The van der Waals surface area contributed by atoms with Gasteiger partial charge in [0.05, 0.1) is 28.6 Å². The second-order valence-corrected chi connectivity index (χ2v) is 8.02. The minimum Gasteiger partial charge on any atom is -0.454 e. The van der Waals surface area contributed by atoms with E-state index in [-0.39, 0.29) is 39.9 Å². The second kappa shape index (κ2) is 7.86. The van der Waals surface area contributed by atoms with Gasteiger partial charge in [-0.15, -0.1) is 0 Å². The van der Waals surface area contributed by atoms with Gasteiger partial charge in [-0.3, -0.25) is 4.79 Å². The molecule has 5 rings (SSSR count). The van der Waals surface area contributed by atoms with Crippen LogP contribution in [-0.4, -0.2) is 32.2 Å². The molecule has 0 radical (unpaired) electrons. The lowest BCUT2D eigenvalue weighted by atomic mass is 9.99. The van der Waals surface area contributed by atoms with E-state index in [0.29, 0.717) is 18.5 Å². The van der Waals surface area contributed by atoms with Crippen molar-refractivity contribution in [3.8, 4) is 11.5 Å². The Morgan fingerprint density at radius 1 is 1.25 bits per heavy atom. The summed E-state index contributed by atoms with van der Waals surface area (Å²) in [6.45, 7) is 0. The molecule has 4 heterocycles. The van der Waals surface area contributed by atoms with Crippen molar-refractivity contribution in [1.29, 1.82) is 0 Å². The number of fused-ring (bicyclic) bond motifs is 4. The van der Waals surface area contributed by atoms with Gasteiger partial charge in [0.15, 0.2) is 5.82 Å². The smallest absolute Gasteiger partial charge is 0.322 e. The first-order valence-corrected chi connectivity index (χ1v) is 10.2. The summed E-state index contributed by atoms with van der Waals surface area (Å²) >= 11 is 6.21. The van der Waals surface area contributed by atoms with Gasteiger partial charge in [-0.1, -0.05) is 11.6 Å². The number of anilines is 1. The zero-order chi connectivity index (χ0) is 22.4.